The van der Waals surface area contributed by atoms with Crippen LogP contribution in [0.1, 0.15) is 32.4 Å². The molecule has 0 aromatic carbocycles. The Morgan fingerprint density at radius 1 is 1.50 bits per heavy atom. The van der Waals surface area contributed by atoms with E-state index in [2.05, 4.69) is 28.7 Å². The molecular formula is C14H25N3O. The van der Waals surface area contributed by atoms with Gasteiger partial charge < -0.3 is 14.6 Å². The highest BCUT2D eigenvalue weighted by Crippen LogP contribution is 2.53. The molecule has 1 aliphatic rings. The molecule has 4 heteroatoms. The summed E-state index contributed by atoms with van der Waals surface area (Å²) in [5.41, 5.74) is 1.81. The van der Waals surface area contributed by atoms with E-state index in [0.717, 1.165) is 32.2 Å². The van der Waals surface area contributed by atoms with Gasteiger partial charge in [0.25, 0.3) is 0 Å². The van der Waals surface area contributed by atoms with E-state index in [9.17, 15) is 0 Å². The Bertz CT molecular complexity index is 369. The Balaban J connectivity index is 1.88. The highest BCUT2D eigenvalue weighted by atomic mass is 16.5. The summed E-state index contributed by atoms with van der Waals surface area (Å²) in [5, 5.41) is 3.38. The first kappa shape index (κ1) is 13.6. The van der Waals surface area contributed by atoms with E-state index in [-0.39, 0.29) is 0 Å². The molecule has 0 saturated heterocycles. The second-order valence-electron chi connectivity index (χ2n) is 5.70. The third-order valence-electron chi connectivity index (χ3n) is 4.19. The minimum atomic E-state index is 0.530. The average molecular weight is 251 g/mol. The van der Waals surface area contributed by atoms with Crippen molar-refractivity contribution in [1.29, 1.82) is 0 Å². The van der Waals surface area contributed by atoms with Crippen LogP contribution in [0.15, 0.2) is 12.5 Å². The van der Waals surface area contributed by atoms with Crippen LogP contribution in [0.4, 0.5) is 0 Å². The number of aromatic nitrogens is 2. The van der Waals surface area contributed by atoms with Gasteiger partial charge in [-0.2, -0.15) is 0 Å². The van der Waals surface area contributed by atoms with Crippen molar-refractivity contribution in [2.45, 2.75) is 39.8 Å². The van der Waals surface area contributed by atoms with Gasteiger partial charge in [0.05, 0.1) is 18.6 Å². The lowest BCUT2D eigenvalue weighted by Gasteiger charge is -2.21. The molecule has 2 rings (SSSR count). The van der Waals surface area contributed by atoms with Crippen LogP contribution in [-0.4, -0.2) is 29.8 Å². The molecule has 0 spiro atoms. The van der Waals surface area contributed by atoms with Crippen LogP contribution in [0.2, 0.25) is 0 Å². The normalized spacial score (nSPS) is 17.3. The van der Waals surface area contributed by atoms with Crippen molar-refractivity contribution >= 4 is 0 Å². The van der Waals surface area contributed by atoms with Crippen LogP contribution in [0.3, 0.4) is 0 Å². The second kappa shape index (κ2) is 5.85. The van der Waals surface area contributed by atoms with Gasteiger partial charge >= 0.3 is 0 Å². The standard InChI is InChI=1S/C14H25N3O/c1-12(2)14(4-5-14)10-17-11-16-9-13(17)8-15-6-7-18-3/h9,11-12,15H,4-8,10H2,1-3H3. The molecule has 1 fully saturated rings. The Hall–Kier alpha value is -0.870. The van der Waals surface area contributed by atoms with Crippen LogP contribution in [0, 0.1) is 11.3 Å². The molecule has 0 amide bonds. The lowest BCUT2D eigenvalue weighted by atomic mass is 9.92. The fraction of sp³-hybridized carbons (Fsp3) is 0.786. The van der Waals surface area contributed by atoms with Gasteiger partial charge in [0.15, 0.2) is 0 Å². The third-order valence-corrected chi connectivity index (χ3v) is 4.19. The molecule has 1 aromatic rings. The van der Waals surface area contributed by atoms with Gasteiger partial charge in [-0.15, -0.1) is 0 Å². The van der Waals surface area contributed by atoms with Crippen LogP contribution in [0.25, 0.3) is 0 Å². The van der Waals surface area contributed by atoms with E-state index in [0.29, 0.717) is 5.41 Å². The highest BCUT2D eigenvalue weighted by molar-refractivity contribution is 5.03. The van der Waals surface area contributed by atoms with Crippen molar-refractivity contribution in [2.75, 3.05) is 20.3 Å². The zero-order valence-electron chi connectivity index (χ0n) is 11.8. The van der Waals surface area contributed by atoms with Crippen LogP contribution < -0.4 is 5.32 Å². The first-order chi connectivity index (χ1) is 8.68. The fourth-order valence-electron chi connectivity index (χ4n) is 2.45. The van der Waals surface area contributed by atoms with Crippen LogP contribution >= 0.6 is 0 Å². The molecule has 0 radical (unpaired) electrons. The van der Waals surface area contributed by atoms with Gasteiger partial charge in [-0.05, 0) is 24.2 Å². The SMILES string of the molecule is COCCNCc1cncn1CC1(C(C)C)CC1. The van der Waals surface area contributed by atoms with E-state index in [4.69, 9.17) is 4.74 Å². The monoisotopic (exact) mass is 251 g/mol. The molecule has 1 N–H and O–H groups in total. The molecular weight excluding hydrogens is 226 g/mol. The molecule has 0 unspecified atom stereocenters. The molecule has 18 heavy (non-hydrogen) atoms. The van der Waals surface area contributed by atoms with Crippen LogP contribution in [-0.2, 0) is 17.8 Å². The van der Waals surface area contributed by atoms with Gasteiger partial charge in [-0.25, -0.2) is 4.98 Å². The highest BCUT2D eigenvalue weighted by Gasteiger charge is 2.45. The maximum Gasteiger partial charge on any atom is 0.0948 e. The van der Waals surface area contributed by atoms with Gasteiger partial charge in [0.1, 0.15) is 0 Å². The molecule has 1 heterocycles. The van der Waals surface area contributed by atoms with Gasteiger partial charge in [0.2, 0.25) is 0 Å². The smallest absolute Gasteiger partial charge is 0.0948 e. The van der Waals surface area contributed by atoms with E-state index >= 15 is 0 Å². The number of nitrogens with zero attached hydrogens (tertiary/aromatic N) is 2. The number of ether oxygens (including phenoxy) is 1. The number of nitrogens with one attached hydrogen (secondary N) is 1. The zero-order chi connectivity index (χ0) is 13.0. The van der Waals surface area contributed by atoms with Crippen molar-refractivity contribution in [3.05, 3.63) is 18.2 Å². The molecule has 0 bridgehead atoms. The molecule has 4 nitrogen and oxygen atoms in total. The third kappa shape index (κ3) is 3.12. The van der Waals surface area contributed by atoms with Crippen molar-refractivity contribution in [3.63, 3.8) is 0 Å². The lowest BCUT2D eigenvalue weighted by molar-refractivity contribution is 0.198. The molecule has 1 saturated carbocycles. The van der Waals surface area contributed by atoms with E-state index in [1.807, 2.05) is 12.5 Å². The number of rotatable bonds is 8. The van der Waals surface area contributed by atoms with E-state index in [1.54, 1.807) is 7.11 Å². The number of hydrogen-bond acceptors (Lipinski definition) is 3. The Labute approximate surface area is 110 Å². The number of methoxy groups -OCH3 is 1. The Morgan fingerprint density at radius 2 is 2.28 bits per heavy atom. The van der Waals surface area contributed by atoms with Crippen molar-refractivity contribution in [1.82, 2.24) is 14.9 Å². The minimum absolute atomic E-state index is 0.530. The number of imidazole rings is 1. The maximum absolute atomic E-state index is 5.03. The summed E-state index contributed by atoms with van der Waals surface area (Å²) >= 11 is 0. The first-order valence-corrected chi connectivity index (χ1v) is 6.86. The summed E-state index contributed by atoms with van der Waals surface area (Å²) in [6, 6.07) is 0. The Morgan fingerprint density at radius 3 is 2.89 bits per heavy atom. The van der Waals surface area contributed by atoms with Crippen molar-refractivity contribution in [2.24, 2.45) is 11.3 Å². The fourth-order valence-corrected chi connectivity index (χ4v) is 2.45. The first-order valence-electron chi connectivity index (χ1n) is 6.86. The predicted octanol–water partition coefficient (Wildman–Crippen LogP) is 2.06. The molecule has 1 aliphatic carbocycles. The summed E-state index contributed by atoms with van der Waals surface area (Å²) in [4.78, 5) is 4.28. The molecule has 0 atom stereocenters. The summed E-state index contributed by atoms with van der Waals surface area (Å²) in [6.07, 6.45) is 6.66. The summed E-state index contributed by atoms with van der Waals surface area (Å²) in [5.74, 6) is 0.759. The largest absolute Gasteiger partial charge is 0.383 e. The molecule has 1 aromatic heterocycles. The van der Waals surface area contributed by atoms with Gasteiger partial charge in [-0.1, -0.05) is 13.8 Å². The van der Waals surface area contributed by atoms with Gasteiger partial charge in [0, 0.05) is 32.9 Å². The maximum atomic E-state index is 5.03. The van der Waals surface area contributed by atoms with E-state index in [1.165, 1.54) is 18.5 Å². The minimum Gasteiger partial charge on any atom is -0.383 e. The topological polar surface area (TPSA) is 39.1 Å². The predicted molar refractivity (Wildman–Crippen MR) is 72.3 cm³/mol. The number of hydrogen-bond donors (Lipinski definition) is 1. The second-order valence-corrected chi connectivity index (χ2v) is 5.70. The van der Waals surface area contributed by atoms with Crippen molar-refractivity contribution in [3.8, 4) is 0 Å². The molecule has 0 aliphatic heterocycles. The van der Waals surface area contributed by atoms with E-state index < -0.39 is 0 Å². The summed E-state index contributed by atoms with van der Waals surface area (Å²) in [6.45, 7) is 8.30. The summed E-state index contributed by atoms with van der Waals surface area (Å²) in [7, 11) is 1.73. The van der Waals surface area contributed by atoms with Crippen molar-refractivity contribution < 1.29 is 4.74 Å². The van der Waals surface area contributed by atoms with Crippen LogP contribution in [0.5, 0.6) is 0 Å². The lowest BCUT2D eigenvalue weighted by Crippen LogP contribution is -2.23. The quantitative estimate of drug-likeness (QED) is 0.719. The average Bonchev–Trinajstić information content (AvgIpc) is 3.00. The Kier molecular flexibility index (Phi) is 4.40. The zero-order valence-corrected chi connectivity index (χ0v) is 11.8. The summed E-state index contributed by atoms with van der Waals surface area (Å²) < 4.78 is 7.34. The van der Waals surface area contributed by atoms with Gasteiger partial charge in [-0.3, -0.25) is 0 Å². The molecule has 102 valence electrons.